The molecule has 4 heteroatoms. The Kier molecular flexibility index (Phi) is 2.91. The maximum absolute atomic E-state index is 5.96. The molecule has 0 bridgehead atoms. The Morgan fingerprint density at radius 3 is 2.80 bits per heavy atom. The molecule has 0 aliphatic rings. The molecule has 80 valence electrons. The predicted octanol–water partition coefficient (Wildman–Crippen LogP) is 3.15. The van der Waals surface area contributed by atoms with Crippen molar-refractivity contribution < 1.29 is 0 Å². The molecule has 0 spiro atoms. The van der Waals surface area contributed by atoms with Crippen LogP contribution in [0.25, 0.3) is 10.6 Å². The molecule has 2 aromatic rings. The van der Waals surface area contributed by atoms with E-state index in [2.05, 4.69) is 21.8 Å². The van der Waals surface area contributed by atoms with Gasteiger partial charge in [0.05, 0.1) is 15.6 Å². The zero-order valence-corrected chi connectivity index (χ0v) is 10.5. The van der Waals surface area contributed by atoms with Crippen molar-refractivity contribution in [3.05, 3.63) is 27.9 Å². The van der Waals surface area contributed by atoms with Crippen molar-refractivity contribution in [3.8, 4) is 10.6 Å². The van der Waals surface area contributed by atoms with Gasteiger partial charge >= 0.3 is 0 Å². The van der Waals surface area contributed by atoms with Gasteiger partial charge in [0.15, 0.2) is 0 Å². The second-order valence-corrected chi connectivity index (χ2v) is 6.16. The van der Waals surface area contributed by atoms with Gasteiger partial charge in [-0.2, -0.15) is 0 Å². The molecule has 2 nitrogen and oxygen atoms in total. The van der Waals surface area contributed by atoms with Crippen molar-refractivity contribution >= 4 is 22.7 Å². The van der Waals surface area contributed by atoms with Crippen molar-refractivity contribution in [2.45, 2.75) is 25.8 Å². The summed E-state index contributed by atoms with van der Waals surface area (Å²) >= 11 is 3.41. The van der Waals surface area contributed by atoms with Gasteiger partial charge < -0.3 is 5.73 Å². The summed E-state index contributed by atoms with van der Waals surface area (Å²) in [5.41, 5.74) is 6.87. The summed E-state index contributed by atoms with van der Waals surface area (Å²) in [6.45, 7) is 4.05. The second-order valence-electron chi connectivity index (χ2n) is 4.27. The maximum Gasteiger partial charge on any atom is 0.0951 e. The molecule has 0 aromatic carbocycles. The minimum absolute atomic E-state index is 0.176. The zero-order chi connectivity index (χ0) is 10.9. The first-order valence-electron chi connectivity index (χ1n) is 4.82. The van der Waals surface area contributed by atoms with Gasteiger partial charge in [0, 0.05) is 17.3 Å². The molecule has 0 unspecified atom stereocenters. The van der Waals surface area contributed by atoms with E-state index < -0.39 is 0 Å². The Morgan fingerprint density at radius 2 is 2.20 bits per heavy atom. The normalized spacial score (nSPS) is 11.9. The molecule has 0 aliphatic carbocycles. The van der Waals surface area contributed by atoms with E-state index in [0.717, 1.165) is 17.1 Å². The van der Waals surface area contributed by atoms with Gasteiger partial charge in [0.25, 0.3) is 0 Å². The lowest BCUT2D eigenvalue weighted by Crippen LogP contribution is -2.34. The van der Waals surface area contributed by atoms with E-state index in [1.165, 1.54) is 4.88 Å². The Bertz CT molecular complexity index is 424. The van der Waals surface area contributed by atoms with E-state index in [1.807, 2.05) is 19.9 Å². The fourth-order valence-electron chi connectivity index (χ4n) is 1.32. The van der Waals surface area contributed by atoms with Crippen molar-refractivity contribution in [1.29, 1.82) is 0 Å². The molecule has 0 fully saturated rings. The van der Waals surface area contributed by atoms with E-state index in [0.29, 0.717) is 0 Å². The number of rotatable bonds is 3. The summed E-state index contributed by atoms with van der Waals surface area (Å²) in [4.78, 5) is 5.82. The number of thiophene rings is 1. The van der Waals surface area contributed by atoms with Crippen LogP contribution in [0.3, 0.4) is 0 Å². The van der Waals surface area contributed by atoms with Crippen LogP contribution in [0.15, 0.2) is 22.9 Å². The minimum Gasteiger partial charge on any atom is -0.325 e. The van der Waals surface area contributed by atoms with Crippen LogP contribution in [0.1, 0.15) is 18.9 Å². The van der Waals surface area contributed by atoms with E-state index in [9.17, 15) is 0 Å². The number of hydrogen-bond donors (Lipinski definition) is 1. The third-order valence-electron chi connectivity index (χ3n) is 1.93. The van der Waals surface area contributed by atoms with Crippen LogP contribution in [0, 0.1) is 0 Å². The van der Waals surface area contributed by atoms with Crippen molar-refractivity contribution in [2.24, 2.45) is 5.73 Å². The van der Waals surface area contributed by atoms with E-state index >= 15 is 0 Å². The van der Waals surface area contributed by atoms with E-state index in [1.54, 1.807) is 22.7 Å². The van der Waals surface area contributed by atoms with E-state index in [4.69, 9.17) is 5.73 Å². The summed E-state index contributed by atoms with van der Waals surface area (Å²) in [6, 6.07) is 4.14. The Hall–Kier alpha value is -0.710. The smallest absolute Gasteiger partial charge is 0.0951 e. The number of thiazole rings is 1. The van der Waals surface area contributed by atoms with Crippen LogP contribution in [-0.2, 0) is 6.42 Å². The Morgan fingerprint density at radius 1 is 1.40 bits per heavy atom. The van der Waals surface area contributed by atoms with Crippen molar-refractivity contribution in [3.63, 3.8) is 0 Å². The van der Waals surface area contributed by atoms with Crippen LogP contribution >= 0.6 is 22.7 Å². The third-order valence-corrected chi connectivity index (χ3v) is 3.67. The molecular weight excluding hydrogens is 224 g/mol. The molecule has 0 amide bonds. The minimum atomic E-state index is -0.176. The number of hydrogen-bond acceptors (Lipinski definition) is 4. The number of aromatic nitrogens is 1. The van der Waals surface area contributed by atoms with Gasteiger partial charge in [-0.25, -0.2) is 4.98 Å². The zero-order valence-electron chi connectivity index (χ0n) is 8.86. The van der Waals surface area contributed by atoms with Crippen molar-refractivity contribution in [1.82, 2.24) is 4.98 Å². The van der Waals surface area contributed by atoms with Gasteiger partial charge in [-0.3, -0.25) is 0 Å². The monoisotopic (exact) mass is 238 g/mol. The van der Waals surface area contributed by atoms with E-state index in [-0.39, 0.29) is 5.54 Å². The van der Waals surface area contributed by atoms with Crippen LogP contribution in [0.4, 0.5) is 0 Å². The summed E-state index contributed by atoms with van der Waals surface area (Å²) in [5.74, 6) is 0. The molecule has 2 N–H and O–H groups in total. The lowest BCUT2D eigenvalue weighted by atomic mass is 10.0. The molecule has 0 aliphatic heterocycles. The second kappa shape index (κ2) is 4.04. The molecular formula is C11H14N2S2. The summed E-state index contributed by atoms with van der Waals surface area (Å²) in [7, 11) is 0. The Balaban J connectivity index is 2.18. The highest BCUT2D eigenvalue weighted by Gasteiger charge is 2.14. The molecule has 15 heavy (non-hydrogen) atoms. The standard InChI is InChI=1S/C11H14N2S2/c1-11(2,12)6-10-13-8(7-15-10)9-4-3-5-14-9/h3-5,7H,6,12H2,1-2H3. The highest BCUT2D eigenvalue weighted by atomic mass is 32.1. The SMILES string of the molecule is CC(C)(N)Cc1nc(-c2cccs2)cs1. The highest BCUT2D eigenvalue weighted by Crippen LogP contribution is 2.27. The topological polar surface area (TPSA) is 38.9 Å². The maximum atomic E-state index is 5.96. The summed E-state index contributed by atoms with van der Waals surface area (Å²) in [6.07, 6.45) is 0.836. The lowest BCUT2D eigenvalue weighted by molar-refractivity contribution is 0.515. The third kappa shape index (κ3) is 2.87. The van der Waals surface area contributed by atoms with Crippen molar-refractivity contribution in [2.75, 3.05) is 0 Å². The number of nitrogens with zero attached hydrogens (tertiary/aromatic N) is 1. The van der Waals surface area contributed by atoms with Crippen LogP contribution in [0.5, 0.6) is 0 Å². The Labute approximate surface area is 97.8 Å². The predicted molar refractivity (Wildman–Crippen MR) is 67.4 cm³/mol. The molecule has 0 atom stereocenters. The summed E-state index contributed by atoms with van der Waals surface area (Å²) < 4.78 is 0. The first kappa shape index (κ1) is 10.8. The largest absolute Gasteiger partial charge is 0.325 e. The fraction of sp³-hybridized carbons (Fsp3) is 0.364. The van der Waals surface area contributed by atoms with Gasteiger partial charge in [0.2, 0.25) is 0 Å². The molecule has 2 aromatic heterocycles. The quantitative estimate of drug-likeness (QED) is 0.892. The van der Waals surface area contributed by atoms with Gasteiger partial charge in [-0.1, -0.05) is 6.07 Å². The first-order valence-corrected chi connectivity index (χ1v) is 6.58. The average molecular weight is 238 g/mol. The number of nitrogens with two attached hydrogens (primary N) is 1. The molecule has 2 heterocycles. The van der Waals surface area contributed by atoms with Crippen LogP contribution in [-0.4, -0.2) is 10.5 Å². The van der Waals surface area contributed by atoms with Gasteiger partial charge in [0.1, 0.15) is 0 Å². The van der Waals surface area contributed by atoms with Crippen LogP contribution in [0.2, 0.25) is 0 Å². The van der Waals surface area contributed by atoms with Crippen LogP contribution < -0.4 is 5.73 Å². The first-order chi connectivity index (χ1) is 7.04. The summed E-state index contributed by atoms with van der Waals surface area (Å²) in [5, 5.41) is 5.29. The fourth-order valence-corrected chi connectivity index (χ4v) is 3.11. The van der Waals surface area contributed by atoms with Gasteiger partial charge in [-0.05, 0) is 25.3 Å². The highest BCUT2D eigenvalue weighted by molar-refractivity contribution is 7.14. The average Bonchev–Trinajstić information content (AvgIpc) is 2.68. The molecule has 0 saturated carbocycles. The van der Waals surface area contributed by atoms with Gasteiger partial charge in [-0.15, -0.1) is 22.7 Å². The molecule has 0 radical (unpaired) electrons. The molecule has 2 rings (SSSR count). The molecule has 0 saturated heterocycles. The lowest BCUT2D eigenvalue weighted by Gasteiger charge is -2.15.